The van der Waals surface area contributed by atoms with Crippen molar-refractivity contribution in [3.8, 4) is 0 Å². The van der Waals surface area contributed by atoms with E-state index in [1.165, 1.54) is 6.08 Å². The molecular formula is C10H13NO2. The van der Waals surface area contributed by atoms with Gasteiger partial charge in [-0.15, -0.1) is 0 Å². The Labute approximate surface area is 77.2 Å². The maximum absolute atomic E-state index is 10.2. The van der Waals surface area contributed by atoms with E-state index in [1.807, 2.05) is 18.2 Å². The lowest BCUT2D eigenvalue weighted by atomic mass is 9.94. The minimum atomic E-state index is -0.905. The number of carboxylic acid groups (broad SMARTS) is 1. The summed E-state index contributed by atoms with van der Waals surface area (Å²) in [4.78, 5) is 10.2. The molecule has 1 aliphatic carbocycles. The minimum Gasteiger partial charge on any atom is -0.478 e. The van der Waals surface area contributed by atoms with Crippen molar-refractivity contribution in [1.29, 1.82) is 0 Å². The van der Waals surface area contributed by atoms with Crippen molar-refractivity contribution in [2.75, 3.05) is 6.54 Å². The first-order valence-corrected chi connectivity index (χ1v) is 4.20. The van der Waals surface area contributed by atoms with E-state index in [0.29, 0.717) is 6.54 Å². The van der Waals surface area contributed by atoms with Crippen LogP contribution in [0.25, 0.3) is 0 Å². The van der Waals surface area contributed by atoms with Gasteiger partial charge in [0.1, 0.15) is 0 Å². The standard InChI is InChI=1S/C10H13NO2/c11-7-9-3-1-2-8(6-9)4-5-10(12)13/h1-5,8H,6-7,11H2,(H,12,13). The molecule has 0 bridgehead atoms. The summed E-state index contributed by atoms with van der Waals surface area (Å²) in [5.41, 5.74) is 6.63. The van der Waals surface area contributed by atoms with Crippen molar-refractivity contribution in [3.63, 3.8) is 0 Å². The van der Waals surface area contributed by atoms with E-state index in [9.17, 15) is 4.79 Å². The molecule has 3 heteroatoms. The highest BCUT2D eigenvalue weighted by Gasteiger charge is 2.07. The molecule has 1 unspecified atom stereocenters. The Hall–Kier alpha value is -1.35. The van der Waals surface area contributed by atoms with Gasteiger partial charge in [0.05, 0.1) is 0 Å². The first kappa shape index (κ1) is 9.74. The summed E-state index contributed by atoms with van der Waals surface area (Å²) in [6.45, 7) is 0.543. The van der Waals surface area contributed by atoms with Crippen LogP contribution in [0.2, 0.25) is 0 Å². The Balaban J connectivity index is 2.53. The summed E-state index contributed by atoms with van der Waals surface area (Å²) in [7, 11) is 0. The second-order valence-electron chi connectivity index (χ2n) is 2.98. The molecule has 1 aliphatic rings. The van der Waals surface area contributed by atoms with Crippen LogP contribution in [0.4, 0.5) is 0 Å². The second-order valence-corrected chi connectivity index (χ2v) is 2.98. The smallest absolute Gasteiger partial charge is 0.327 e. The van der Waals surface area contributed by atoms with Gasteiger partial charge < -0.3 is 10.8 Å². The van der Waals surface area contributed by atoms with Crippen molar-refractivity contribution >= 4 is 5.97 Å². The number of hydrogen-bond donors (Lipinski definition) is 2. The molecule has 0 saturated carbocycles. The molecule has 0 aliphatic heterocycles. The van der Waals surface area contributed by atoms with E-state index < -0.39 is 5.97 Å². The number of allylic oxidation sites excluding steroid dienone is 4. The third-order valence-electron chi connectivity index (χ3n) is 1.94. The number of aliphatic carboxylic acids is 1. The topological polar surface area (TPSA) is 63.3 Å². The lowest BCUT2D eigenvalue weighted by Crippen LogP contribution is -2.09. The van der Waals surface area contributed by atoms with Gasteiger partial charge in [-0.1, -0.05) is 29.9 Å². The maximum Gasteiger partial charge on any atom is 0.327 e. The van der Waals surface area contributed by atoms with E-state index in [4.69, 9.17) is 10.8 Å². The Morgan fingerprint density at radius 3 is 3.15 bits per heavy atom. The van der Waals surface area contributed by atoms with Crippen LogP contribution in [-0.2, 0) is 4.79 Å². The molecule has 0 saturated heterocycles. The fourth-order valence-electron chi connectivity index (χ4n) is 1.26. The predicted molar refractivity (Wildman–Crippen MR) is 51.2 cm³/mol. The van der Waals surface area contributed by atoms with Crippen molar-refractivity contribution < 1.29 is 9.90 Å². The first-order valence-electron chi connectivity index (χ1n) is 4.20. The van der Waals surface area contributed by atoms with Gasteiger partial charge >= 0.3 is 5.97 Å². The van der Waals surface area contributed by atoms with Gasteiger partial charge in [0, 0.05) is 12.6 Å². The first-order chi connectivity index (χ1) is 6.22. The molecular weight excluding hydrogens is 166 g/mol. The number of nitrogens with two attached hydrogens (primary N) is 1. The van der Waals surface area contributed by atoms with Gasteiger partial charge in [0.15, 0.2) is 0 Å². The van der Waals surface area contributed by atoms with Crippen molar-refractivity contribution in [2.45, 2.75) is 6.42 Å². The molecule has 0 aromatic heterocycles. The van der Waals surface area contributed by atoms with Crippen molar-refractivity contribution in [2.24, 2.45) is 11.7 Å². The average Bonchev–Trinajstić information content (AvgIpc) is 2.15. The molecule has 3 N–H and O–H groups in total. The zero-order valence-corrected chi connectivity index (χ0v) is 7.31. The van der Waals surface area contributed by atoms with E-state index in [1.54, 1.807) is 6.08 Å². The monoisotopic (exact) mass is 179 g/mol. The summed E-state index contributed by atoms with van der Waals surface area (Å²) in [6.07, 6.45) is 9.55. The Bertz CT molecular complexity index is 277. The third-order valence-corrected chi connectivity index (χ3v) is 1.94. The molecule has 1 atom stereocenters. The highest BCUT2D eigenvalue weighted by Crippen LogP contribution is 2.18. The zero-order valence-electron chi connectivity index (χ0n) is 7.31. The zero-order chi connectivity index (χ0) is 9.68. The van der Waals surface area contributed by atoms with Gasteiger partial charge in [-0.3, -0.25) is 0 Å². The second kappa shape index (κ2) is 4.62. The normalized spacial score (nSPS) is 21.9. The molecule has 0 aromatic rings. The number of hydrogen-bond acceptors (Lipinski definition) is 2. The SMILES string of the molecule is NCC1=CC=CC(C=CC(=O)O)C1. The molecule has 0 amide bonds. The fourth-order valence-corrected chi connectivity index (χ4v) is 1.26. The third kappa shape index (κ3) is 3.25. The van der Waals surface area contributed by atoms with Crippen LogP contribution in [0.1, 0.15) is 6.42 Å². The molecule has 70 valence electrons. The van der Waals surface area contributed by atoms with Crippen LogP contribution in [0.3, 0.4) is 0 Å². The van der Waals surface area contributed by atoms with Crippen LogP contribution < -0.4 is 5.73 Å². The van der Waals surface area contributed by atoms with Gasteiger partial charge in [-0.25, -0.2) is 4.79 Å². The van der Waals surface area contributed by atoms with Crippen LogP contribution in [0.5, 0.6) is 0 Å². The van der Waals surface area contributed by atoms with E-state index in [2.05, 4.69) is 0 Å². The predicted octanol–water partition coefficient (Wildman–Crippen LogP) is 1.09. The number of carboxylic acids is 1. The molecule has 0 heterocycles. The van der Waals surface area contributed by atoms with Gasteiger partial charge in [-0.05, 0) is 12.3 Å². The fraction of sp³-hybridized carbons (Fsp3) is 0.300. The molecule has 13 heavy (non-hydrogen) atoms. The maximum atomic E-state index is 10.2. The summed E-state index contributed by atoms with van der Waals surface area (Å²) in [6, 6.07) is 0. The summed E-state index contributed by atoms with van der Waals surface area (Å²) < 4.78 is 0. The quantitative estimate of drug-likeness (QED) is 0.637. The molecule has 1 rings (SSSR count). The number of rotatable bonds is 3. The lowest BCUT2D eigenvalue weighted by Gasteiger charge is -2.13. The van der Waals surface area contributed by atoms with Gasteiger partial charge in [0.2, 0.25) is 0 Å². The lowest BCUT2D eigenvalue weighted by molar-refractivity contribution is -0.131. The highest BCUT2D eigenvalue weighted by atomic mass is 16.4. The molecule has 0 radical (unpaired) electrons. The van der Waals surface area contributed by atoms with Crippen LogP contribution in [0, 0.1) is 5.92 Å². The van der Waals surface area contributed by atoms with Crippen LogP contribution in [0.15, 0.2) is 36.0 Å². The Morgan fingerprint density at radius 1 is 1.77 bits per heavy atom. The van der Waals surface area contributed by atoms with Crippen molar-refractivity contribution in [3.05, 3.63) is 36.0 Å². The Kier molecular flexibility index (Phi) is 3.46. The Morgan fingerprint density at radius 2 is 2.54 bits per heavy atom. The summed E-state index contributed by atoms with van der Waals surface area (Å²) in [5, 5.41) is 8.42. The van der Waals surface area contributed by atoms with Crippen molar-refractivity contribution in [1.82, 2.24) is 0 Å². The van der Waals surface area contributed by atoms with E-state index >= 15 is 0 Å². The van der Waals surface area contributed by atoms with Gasteiger partial charge in [0.25, 0.3) is 0 Å². The van der Waals surface area contributed by atoms with Crippen LogP contribution >= 0.6 is 0 Å². The summed E-state index contributed by atoms with van der Waals surface area (Å²) in [5.74, 6) is -0.725. The van der Waals surface area contributed by atoms with Gasteiger partial charge in [-0.2, -0.15) is 0 Å². The van der Waals surface area contributed by atoms with E-state index in [-0.39, 0.29) is 5.92 Å². The largest absolute Gasteiger partial charge is 0.478 e. The van der Waals surface area contributed by atoms with E-state index in [0.717, 1.165) is 12.0 Å². The molecule has 0 aromatic carbocycles. The highest BCUT2D eigenvalue weighted by molar-refractivity contribution is 5.79. The molecule has 3 nitrogen and oxygen atoms in total. The average molecular weight is 179 g/mol. The number of carbonyl (C=O) groups is 1. The minimum absolute atomic E-state index is 0.180. The molecule has 0 spiro atoms. The summed E-state index contributed by atoms with van der Waals surface area (Å²) >= 11 is 0. The van der Waals surface area contributed by atoms with Crippen LogP contribution in [-0.4, -0.2) is 17.6 Å². The molecule has 0 fully saturated rings.